The number of ether oxygens (including phenoxy) is 3. The van der Waals surface area contributed by atoms with Crippen molar-refractivity contribution in [2.75, 3.05) is 39.5 Å². The van der Waals surface area contributed by atoms with Crippen molar-refractivity contribution in [3.63, 3.8) is 0 Å². The lowest BCUT2D eigenvalue weighted by molar-refractivity contribution is -0.127. The Kier molecular flexibility index (Phi) is 15.2. The SMILES string of the molecule is CC(C)CC(C)C(=O)NCCOCCOCC(=O)NCC(C)SC(=O)OCc1ccccc1. The molecule has 0 aliphatic heterocycles. The Morgan fingerprint density at radius 2 is 1.64 bits per heavy atom. The molecule has 9 heteroatoms. The first kappa shape index (κ1) is 28.9. The predicted octanol–water partition coefficient (Wildman–Crippen LogP) is 3.39. The molecule has 0 fully saturated rings. The first-order valence-corrected chi connectivity index (χ1v) is 12.2. The molecule has 186 valence electrons. The normalized spacial score (nSPS) is 12.8. The van der Waals surface area contributed by atoms with Crippen LogP contribution in [0, 0.1) is 11.8 Å². The van der Waals surface area contributed by atoms with E-state index in [1.165, 1.54) is 0 Å². The van der Waals surface area contributed by atoms with Crippen molar-refractivity contribution in [1.82, 2.24) is 10.6 Å². The van der Waals surface area contributed by atoms with Gasteiger partial charge < -0.3 is 24.8 Å². The Balaban J connectivity index is 1.98. The molecule has 0 saturated heterocycles. The van der Waals surface area contributed by atoms with E-state index in [9.17, 15) is 14.4 Å². The molecule has 33 heavy (non-hydrogen) atoms. The number of carbonyl (C=O) groups is 3. The van der Waals surface area contributed by atoms with Crippen molar-refractivity contribution in [3.05, 3.63) is 35.9 Å². The highest BCUT2D eigenvalue weighted by molar-refractivity contribution is 8.13. The number of thioether (sulfide) groups is 1. The number of hydrogen-bond donors (Lipinski definition) is 2. The highest BCUT2D eigenvalue weighted by Gasteiger charge is 2.14. The molecule has 8 nitrogen and oxygen atoms in total. The van der Waals surface area contributed by atoms with Crippen molar-refractivity contribution < 1.29 is 28.6 Å². The first-order valence-electron chi connectivity index (χ1n) is 11.3. The van der Waals surface area contributed by atoms with Crippen molar-refractivity contribution in [2.45, 2.75) is 46.0 Å². The zero-order valence-electron chi connectivity index (χ0n) is 20.1. The third-order valence-corrected chi connectivity index (χ3v) is 5.39. The molecule has 0 saturated carbocycles. The van der Waals surface area contributed by atoms with Crippen molar-refractivity contribution in [2.24, 2.45) is 11.8 Å². The highest BCUT2D eigenvalue weighted by atomic mass is 32.2. The summed E-state index contributed by atoms with van der Waals surface area (Å²) < 4.78 is 15.9. The molecule has 0 aliphatic rings. The molecule has 2 N–H and O–H groups in total. The van der Waals surface area contributed by atoms with Crippen LogP contribution in [0.3, 0.4) is 0 Å². The molecular weight excluding hydrogens is 444 g/mol. The average molecular weight is 483 g/mol. The Labute approximate surface area is 201 Å². The molecule has 2 atom stereocenters. The minimum absolute atomic E-state index is 0.00657. The van der Waals surface area contributed by atoms with E-state index in [4.69, 9.17) is 14.2 Å². The molecule has 0 heterocycles. The molecule has 0 aliphatic carbocycles. The molecular formula is C24H38N2O6S. The summed E-state index contributed by atoms with van der Waals surface area (Å²) in [5.41, 5.74) is 0.925. The third-order valence-electron chi connectivity index (χ3n) is 4.51. The minimum atomic E-state index is -0.375. The molecule has 0 spiro atoms. The Morgan fingerprint density at radius 3 is 2.33 bits per heavy atom. The summed E-state index contributed by atoms with van der Waals surface area (Å²) in [6, 6.07) is 9.45. The fourth-order valence-electron chi connectivity index (χ4n) is 2.88. The van der Waals surface area contributed by atoms with E-state index in [1.54, 1.807) is 0 Å². The summed E-state index contributed by atoms with van der Waals surface area (Å²) >= 11 is 1.04. The monoisotopic (exact) mass is 482 g/mol. The highest BCUT2D eigenvalue weighted by Crippen LogP contribution is 2.14. The van der Waals surface area contributed by atoms with Crippen LogP contribution in [0.25, 0.3) is 0 Å². The molecule has 1 aromatic rings. The quantitative estimate of drug-likeness (QED) is 0.275. The Hall–Kier alpha value is -2.10. The standard InChI is InChI=1S/C24H38N2O6S/c1-18(2)14-19(3)23(28)25-10-11-30-12-13-31-17-22(27)26-15-20(4)33-24(29)32-16-21-8-6-5-7-9-21/h5-9,18-20H,10-17H2,1-4H3,(H,25,28)(H,26,27). The van der Waals surface area contributed by atoms with Crippen LogP contribution in [0.4, 0.5) is 4.79 Å². The van der Waals surface area contributed by atoms with Crippen molar-refractivity contribution in [1.29, 1.82) is 0 Å². The summed E-state index contributed by atoms with van der Waals surface area (Å²) in [5, 5.41) is 5.08. The molecule has 1 aromatic carbocycles. The van der Waals surface area contributed by atoms with E-state index >= 15 is 0 Å². The van der Waals surface area contributed by atoms with Crippen LogP contribution in [0.1, 0.15) is 39.7 Å². The van der Waals surface area contributed by atoms with Crippen LogP contribution in [0.5, 0.6) is 0 Å². The van der Waals surface area contributed by atoms with Gasteiger partial charge in [-0.1, -0.05) is 58.0 Å². The molecule has 2 unspecified atom stereocenters. The second-order valence-electron chi connectivity index (χ2n) is 8.24. The van der Waals surface area contributed by atoms with Crippen LogP contribution in [0.15, 0.2) is 30.3 Å². The smallest absolute Gasteiger partial charge is 0.367 e. The van der Waals surface area contributed by atoms with Gasteiger partial charge >= 0.3 is 5.30 Å². The third kappa shape index (κ3) is 15.4. The fourth-order valence-corrected chi connectivity index (χ4v) is 3.51. The summed E-state index contributed by atoms with van der Waals surface area (Å²) in [5.74, 6) is 0.260. The van der Waals surface area contributed by atoms with Gasteiger partial charge in [0, 0.05) is 24.3 Å². The van der Waals surface area contributed by atoms with Crippen molar-refractivity contribution >= 4 is 28.9 Å². The zero-order chi connectivity index (χ0) is 24.5. The number of benzene rings is 1. The second-order valence-corrected chi connectivity index (χ2v) is 9.62. The molecule has 0 radical (unpaired) electrons. The van der Waals surface area contributed by atoms with Gasteiger partial charge in [-0.25, -0.2) is 4.79 Å². The van der Waals surface area contributed by atoms with Crippen LogP contribution < -0.4 is 10.6 Å². The van der Waals surface area contributed by atoms with Crippen LogP contribution >= 0.6 is 11.8 Å². The van der Waals surface area contributed by atoms with E-state index in [2.05, 4.69) is 24.5 Å². The topological polar surface area (TPSA) is 103 Å². The van der Waals surface area contributed by atoms with Gasteiger partial charge in [-0.2, -0.15) is 0 Å². The maximum Gasteiger partial charge on any atom is 0.367 e. The first-order chi connectivity index (χ1) is 15.8. The lowest BCUT2D eigenvalue weighted by atomic mass is 9.98. The van der Waals surface area contributed by atoms with Crippen LogP contribution in [-0.4, -0.2) is 61.9 Å². The lowest BCUT2D eigenvalue weighted by Crippen LogP contribution is -2.33. The van der Waals surface area contributed by atoms with Gasteiger partial charge in [0.15, 0.2) is 0 Å². The summed E-state index contributed by atoms with van der Waals surface area (Å²) in [7, 11) is 0. The zero-order valence-corrected chi connectivity index (χ0v) is 20.9. The van der Waals surface area contributed by atoms with Crippen molar-refractivity contribution in [3.8, 4) is 0 Å². The predicted molar refractivity (Wildman–Crippen MR) is 130 cm³/mol. The van der Waals surface area contributed by atoms with Gasteiger partial charge in [0.25, 0.3) is 0 Å². The molecule has 2 amide bonds. The van der Waals surface area contributed by atoms with Gasteiger partial charge in [0.05, 0.1) is 19.8 Å². The van der Waals surface area contributed by atoms with Gasteiger partial charge in [0.1, 0.15) is 13.2 Å². The Morgan fingerprint density at radius 1 is 0.939 bits per heavy atom. The number of amides is 2. The van der Waals surface area contributed by atoms with Crippen LogP contribution in [-0.2, 0) is 30.4 Å². The van der Waals surface area contributed by atoms with Gasteiger partial charge in [-0.05, 0) is 29.7 Å². The van der Waals surface area contributed by atoms with Gasteiger partial charge in [0.2, 0.25) is 11.8 Å². The van der Waals surface area contributed by atoms with E-state index in [-0.39, 0.29) is 48.1 Å². The van der Waals surface area contributed by atoms with Gasteiger partial charge in [-0.3, -0.25) is 9.59 Å². The summed E-state index contributed by atoms with van der Waals surface area (Å²) in [6.07, 6.45) is 0.860. The number of carbonyl (C=O) groups excluding carboxylic acids is 3. The lowest BCUT2D eigenvalue weighted by Gasteiger charge is -2.14. The van der Waals surface area contributed by atoms with E-state index in [1.807, 2.05) is 44.2 Å². The molecule has 0 bridgehead atoms. The number of nitrogens with one attached hydrogen (secondary N) is 2. The maximum atomic E-state index is 11.9. The van der Waals surface area contributed by atoms with E-state index in [0.29, 0.717) is 32.2 Å². The Bertz CT molecular complexity index is 701. The second kappa shape index (κ2) is 17.4. The summed E-state index contributed by atoms with van der Waals surface area (Å²) in [6.45, 7) is 9.89. The average Bonchev–Trinajstić information content (AvgIpc) is 2.78. The van der Waals surface area contributed by atoms with Crippen LogP contribution in [0.2, 0.25) is 0 Å². The molecule has 0 aromatic heterocycles. The maximum absolute atomic E-state index is 11.9. The van der Waals surface area contributed by atoms with E-state index in [0.717, 1.165) is 23.7 Å². The summed E-state index contributed by atoms with van der Waals surface area (Å²) in [4.78, 5) is 35.6. The van der Waals surface area contributed by atoms with E-state index < -0.39 is 0 Å². The molecule has 1 rings (SSSR count). The largest absolute Gasteiger partial charge is 0.453 e. The fraction of sp³-hybridized carbons (Fsp3) is 0.625. The minimum Gasteiger partial charge on any atom is -0.453 e. The number of hydrogen-bond acceptors (Lipinski definition) is 7. The van der Waals surface area contributed by atoms with Gasteiger partial charge in [-0.15, -0.1) is 0 Å². The number of rotatable bonds is 16.